The van der Waals surface area contributed by atoms with E-state index in [4.69, 9.17) is 4.74 Å². The van der Waals surface area contributed by atoms with Gasteiger partial charge >= 0.3 is 5.97 Å². The molecule has 0 unspecified atom stereocenters. The molecule has 2 aromatic carbocycles. The van der Waals surface area contributed by atoms with Gasteiger partial charge < -0.3 is 4.74 Å². The second-order valence-electron chi connectivity index (χ2n) is 5.64. The standard InChI is InChI=1S/C18H20N2O6S/c1-4-19(15-9-7-14(8-10-15)18(21)26-5-2)27(24,25)16-11-6-13(3)17(12-16)20(22)23/h6-12H,4-5H2,1-3H3. The molecular weight excluding hydrogens is 372 g/mol. The summed E-state index contributed by atoms with van der Waals surface area (Å²) >= 11 is 0. The van der Waals surface area contributed by atoms with E-state index in [-0.39, 0.29) is 23.7 Å². The van der Waals surface area contributed by atoms with Crippen molar-refractivity contribution in [2.45, 2.75) is 25.7 Å². The highest BCUT2D eigenvalue weighted by molar-refractivity contribution is 7.92. The van der Waals surface area contributed by atoms with Gasteiger partial charge in [0.05, 0.1) is 27.7 Å². The van der Waals surface area contributed by atoms with Crippen LogP contribution in [-0.4, -0.2) is 32.5 Å². The van der Waals surface area contributed by atoms with Crippen molar-refractivity contribution >= 4 is 27.4 Å². The first-order chi connectivity index (χ1) is 12.7. The first-order valence-electron chi connectivity index (χ1n) is 8.27. The fraction of sp³-hybridized carbons (Fsp3) is 0.278. The smallest absolute Gasteiger partial charge is 0.338 e. The van der Waals surface area contributed by atoms with Crippen LogP contribution < -0.4 is 4.31 Å². The molecule has 0 aliphatic rings. The van der Waals surface area contributed by atoms with Crippen LogP contribution in [0.2, 0.25) is 0 Å². The van der Waals surface area contributed by atoms with Crippen molar-refractivity contribution < 1.29 is 22.9 Å². The van der Waals surface area contributed by atoms with Crippen LogP contribution in [-0.2, 0) is 14.8 Å². The first kappa shape index (κ1) is 20.4. The van der Waals surface area contributed by atoms with Crippen LogP contribution in [0.25, 0.3) is 0 Å². The molecule has 27 heavy (non-hydrogen) atoms. The summed E-state index contributed by atoms with van der Waals surface area (Å²) in [6.07, 6.45) is 0. The monoisotopic (exact) mass is 392 g/mol. The van der Waals surface area contributed by atoms with Crippen molar-refractivity contribution in [1.29, 1.82) is 0 Å². The van der Waals surface area contributed by atoms with E-state index < -0.39 is 20.9 Å². The average Bonchev–Trinajstić information content (AvgIpc) is 2.62. The summed E-state index contributed by atoms with van der Waals surface area (Å²) in [5.74, 6) is -0.496. The molecular formula is C18H20N2O6S. The molecule has 0 fully saturated rings. The third-order valence-corrected chi connectivity index (χ3v) is 5.82. The number of nitro benzene ring substituents is 1. The Morgan fingerprint density at radius 2 is 1.78 bits per heavy atom. The van der Waals surface area contributed by atoms with E-state index in [1.54, 1.807) is 20.8 Å². The summed E-state index contributed by atoms with van der Waals surface area (Å²) in [4.78, 5) is 22.1. The van der Waals surface area contributed by atoms with Gasteiger partial charge in [0.2, 0.25) is 0 Å². The minimum atomic E-state index is -4.01. The summed E-state index contributed by atoms with van der Waals surface area (Å²) < 4.78 is 32.0. The molecule has 2 aromatic rings. The molecule has 0 bridgehead atoms. The predicted molar refractivity (Wildman–Crippen MR) is 100 cm³/mol. The van der Waals surface area contributed by atoms with Gasteiger partial charge in [0.1, 0.15) is 0 Å². The maximum Gasteiger partial charge on any atom is 0.338 e. The molecule has 0 saturated heterocycles. The van der Waals surface area contributed by atoms with E-state index in [1.807, 2.05) is 0 Å². The second-order valence-corrected chi connectivity index (χ2v) is 7.50. The number of hydrogen-bond donors (Lipinski definition) is 0. The molecule has 0 atom stereocenters. The third-order valence-electron chi connectivity index (χ3n) is 3.92. The SMILES string of the molecule is CCOC(=O)c1ccc(N(CC)S(=O)(=O)c2ccc(C)c([N+](=O)[O-])c2)cc1. The summed E-state index contributed by atoms with van der Waals surface area (Å²) in [5.41, 5.74) is 0.763. The fourth-order valence-corrected chi connectivity index (χ4v) is 4.04. The highest BCUT2D eigenvalue weighted by atomic mass is 32.2. The van der Waals surface area contributed by atoms with Gasteiger partial charge in [-0.15, -0.1) is 0 Å². The van der Waals surface area contributed by atoms with E-state index in [0.29, 0.717) is 16.8 Å². The maximum atomic E-state index is 13.0. The number of aryl methyl sites for hydroxylation is 1. The Bertz CT molecular complexity index is 954. The number of carbonyl (C=O) groups is 1. The Morgan fingerprint density at radius 3 is 2.30 bits per heavy atom. The van der Waals surface area contributed by atoms with Crippen molar-refractivity contribution in [3.8, 4) is 0 Å². The predicted octanol–water partition coefficient (Wildman–Crippen LogP) is 3.30. The minimum Gasteiger partial charge on any atom is -0.462 e. The lowest BCUT2D eigenvalue weighted by Crippen LogP contribution is -2.30. The van der Waals surface area contributed by atoms with E-state index >= 15 is 0 Å². The fourth-order valence-electron chi connectivity index (χ4n) is 2.54. The largest absolute Gasteiger partial charge is 0.462 e. The van der Waals surface area contributed by atoms with Crippen molar-refractivity contribution in [1.82, 2.24) is 0 Å². The Balaban J connectivity index is 2.42. The Morgan fingerprint density at radius 1 is 1.15 bits per heavy atom. The number of sulfonamides is 1. The van der Waals surface area contributed by atoms with Gasteiger partial charge in [-0.25, -0.2) is 13.2 Å². The lowest BCUT2D eigenvalue weighted by Gasteiger charge is -2.23. The molecule has 144 valence electrons. The van der Waals surface area contributed by atoms with E-state index in [1.165, 1.54) is 36.4 Å². The molecule has 0 saturated carbocycles. The van der Waals surface area contributed by atoms with E-state index in [2.05, 4.69) is 0 Å². The molecule has 0 aliphatic heterocycles. The highest BCUT2D eigenvalue weighted by Crippen LogP contribution is 2.28. The number of hydrogen-bond acceptors (Lipinski definition) is 6. The van der Waals surface area contributed by atoms with Gasteiger partial charge in [0.25, 0.3) is 15.7 Å². The summed E-state index contributed by atoms with van der Waals surface area (Å²) in [6.45, 7) is 5.24. The Kier molecular flexibility index (Phi) is 6.17. The van der Waals surface area contributed by atoms with E-state index in [0.717, 1.165) is 10.4 Å². The topological polar surface area (TPSA) is 107 Å². The first-order valence-corrected chi connectivity index (χ1v) is 9.71. The molecule has 0 spiro atoms. The summed E-state index contributed by atoms with van der Waals surface area (Å²) in [6, 6.07) is 9.74. The molecule has 0 heterocycles. The van der Waals surface area contributed by atoms with Crippen molar-refractivity contribution in [3.63, 3.8) is 0 Å². The Hall–Kier alpha value is -2.94. The van der Waals surface area contributed by atoms with Crippen LogP contribution in [0, 0.1) is 17.0 Å². The molecule has 8 nitrogen and oxygen atoms in total. The van der Waals surface area contributed by atoms with Gasteiger partial charge in [-0.3, -0.25) is 14.4 Å². The zero-order valence-electron chi connectivity index (χ0n) is 15.2. The minimum absolute atomic E-state index is 0.114. The maximum absolute atomic E-state index is 13.0. The van der Waals surface area contributed by atoms with Gasteiger partial charge in [-0.2, -0.15) is 0 Å². The van der Waals surface area contributed by atoms with Crippen molar-refractivity contribution in [2.75, 3.05) is 17.5 Å². The van der Waals surface area contributed by atoms with Crippen LogP contribution in [0.3, 0.4) is 0 Å². The lowest BCUT2D eigenvalue weighted by atomic mass is 10.2. The molecule has 0 N–H and O–H groups in total. The molecule has 2 rings (SSSR count). The van der Waals surface area contributed by atoms with E-state index in [9.17, 15) is 23.3 Å². The number of esters is 1. The third kappa shape index (κ3) is 4.25. The second kappa shape index (κ2) is 8.17. The van der Waals surface area contributed by atoms with Crippen LogP contribution in [0.15, 0.2) is 47.4 Å². The van der Waals surface area contributed by atoms with Crippen LogP contribution >= 0.6 is 0 Å². The number of nitro groups is 1. The normalized spacial score (nSPS) is 11.1. The zero-order chi connectivity index (χ0) is 20.2. The summed E-state index contributed by atoms with van der Waals surface area (Å²) in [5, 5.41) is 11.1. The number of carbonyl (C=O) groups excluding carboxylic acids is 1. The number of anilines is 1. The van der Waals surface area contributed by atoms with Crippen molar-refractivity contribution in [3.05, 3.63) is 63.7 Å². The van der Waals surface area contributed by atoms with Gasteiger partial charge in [-0.05, 0) is 51.1 Å². The molecule has 0 radical (unpaired) electrons. The average molecular weight is 392 g/mol. The highest BCUT2D eigenvalue weighted by Gasteiger charge is 2.26. The quantitative estimate of drug-likeness (QED) is 0.406. The van der Waals surface area contributed by atoms with Crippen molar-refractivity contribution in [2.24, 2.45) is 0 Å². The molecule has 0 aromatic heterocycles. The number of ether oxygens (including phenoxy) is 1. The number of benzene rings is 2. The number of rotatable bonds is 7. The van der Waals surface area contributed by atoms with Crippen LogP contribution in [0.1, 0.15) is 29.8 Å². The molecule has 9 heteroatoms. The van der Waals surface area contributed by atoms with Gasteiger partial charge in [0, 0.05) is 18.2 Å². The Labute approximate surface area is 157 Å². The number of nitrogens with zero attached hydrogens (tertiary/aromatic N) is 2. The van der Waals surface area contributed by atoms with Gasteiger partial charge in [0.15, 0.2) is 0 Å². The van der Waals surface area contributed by atoms with Crippen LogP contribution in [0.5, 0.6) is 0 Å². The van der Waals surface area contributed by atoms with Gasteiger partial charge in [-0.1, -0.05) is 6.07 Å². The molecule has 0 aliphatic carbocycles. The summed E-state index contributed by atoms with van der Waals surface area (Å²) in [7, 11) is -4.01. The molecule has 0 amide bonds. The lowest BCUT2D eigenvalue weighted by molar-refractivity contribution is -0.385. The van der Waals surface area contributed by atoms with Crippen LogP contribution in [0.4, 0.5) is 11.4 Å². The zero-order valence-corrected chi connectivity index (χ0v) is 16.0.